The van der Waals surface area contributed by atoms with Crippen LogP contribution < -0.4 is 0 Å². The van der Waals surface area contributed by atoms with Gasteiger partial charge in [-0.05, 0) is 19.8 Å². The molecule has 1 aromatic heterocycles. The molecule has 0 amide bonds. The Morgan fingerprint density at radius 2 is 2.31 bits per heavy atom. The van der Waals surface area contributed by atoms with E-state index in [1.807, 2.05) is 6.92 Å². The number of aromatic nitrogens is 2. The number of hydrogen-bond acceptors (Lipinski definition) is 4. The average molecular weight is 180 g/mol. The maximum absolute atomic E-state index is 11.3. The highest BCUT2D eigenvalue weighted by Crippen LogP contribution is 2.31. The second-order valence-electron chi connectivity index (χ2n) is 3.54. The van der Waals surface area contributed by atoms with Crippen molar-refractivity contribution in [3.8, 4) is 0 Å². The molecule has 0 N–H and O–H groups in total. The number of nitrogens with zero attached hydrogens (tertiary/aromatic N) is 2. The smallest absolute Gasteiger partial charge is 0.136 e. The highest BCUT2D eigenvalue weighted by Gasteiger charge is 2.28. The molecule has 1 fully saturated rings. The number of rotatable bonds is 4. The van der Waals surface area contributed by atoms with Gasteiger partial charge in [0.1, 0.15) is 17.2 Å². The standard InChI is InChI=1S/C9H12N2O2/c1-6-8(11-13-10-6)4-5-9(12)7-2-3-7/h7H,2-5H2,1H3. The summed E-state index contributed by atoms with van der Waals surface area (Å²) in [5.41, 5.74) is 1.61. The molecule has 1 saturated carbocycles. The molecular formula is C9H12N2O2. The number of carbonyl (C=O) groups is 1. The fourth-order valence-corrected chi connectivity index (χ4v) is 1.33. The third-order valence-corrected chi connectivity index (χ3v) is 2.39. The maximum Gasteiger partial charge on any atom is 0.136 e. The van der Waals surface area contributed by atoms with E-state index in [0.717, 1.165) is 24.2 Å². The van der Waals surface area contributed by atoms with E-state index in [2.05, 4.69) is 14.9 Å². The topological polar surface area (TPSA) is 56.0 Å². The Balaban J connectivity index is 1.85. The summed E-state index contributed by atoms with van der Waals surface area (Å²) >= 11 is 0. The van der Waals surface area contributed by atoms with Crippen LogP contribution in [0.4, 0.5) is 0 Å². The van der Waals surface area contributed by atoms with Gasteiger partial charge in [-0.15, -0.1) is 0 Å². The molecule has 0 aliphatic heterocycles. The van der Waals surface area contributed by atoms with Crippen molar-refractivity contribution < 1.29 is 9.42 Å². The van der Waals surface area contributed by atoms with E-state index in [4.69, 9.17) is 0 Å². The molecule has 4 heteroatoms. The minimum Gasteiger partial charge on any atom is -0.299 e. The van der Waals surface area contributed by atoms with Crippen molar-refractivity contribution in [3.05, 3.63) is 11.4 Å². The van der Waals surface area contributed by atoms with Crippen LogP contribution in [0.2, 0.25) is 0 Å². The first-order valence-electron chi connectivity index (χ1n) is 4.58. The van der Waals surface area contributed by atoms with Crippen LogP contribution >= 0.6 is 0 Å². The van der Waals surface area contributed by atoms with Crippen molar-refractivity contribution in [2.24, 2.45) is 5.92 Å². The minimum atomic E-state index is 0.347. The van der Waals surface area contributed by atoms with Gasteiger partial charge in [0.25, 0.3) is 0 Å². The summed E-state index contributed by atoms with van der Waals surface area (Å²) in [7, 11) is 0. The molecule has 1 aliphatic rings. The normalized spacial score (nSPS) is 16.1. The Morgan fingerprint density at radius 1 is 1.54 bits per heavy atom. The first-order valence-corrected chi connectivity index (χ1v) is 4.58. The Labute approximate surface area is 76.3 Å². The fourth-order valence-electron chi connectivity index (χ4n) is 1.33. The molecule has 0 bridgehead atoms. The van der Waals surface area contributed by atoms with Crippen molar-refractivity contribution >= 4 is 5.78 Å². The van der Waals surface area contributed by atoms with Crippen LogP contribution in [0.15, 0.2) is 4.63 Å². The quantitative estimate of drug-likeness (QED) is 0.700. The van der Waals surface area contributed by atoms with Gasteiger partial charge in [-0.1, -0.05) is 10.3 Å². The zero-order chi connectivity index (χ0) is 9.26. The molecule has 0 spiro atoms. The SMILES string of the molecule is Cc1nonc1CCC(=O)C1CC1. The predicted octanol–water partition coefficient (Wildman–Crippen LogP) is 1.29. The zero-order valence-electron chi connectivity index (χ0n) is 7.62. The number of hydrogen-bond donors (Lipinski definition) is 0. The summed E-state index contributed by atoms with van der Waals surface area (Å²) in [5.74, 6) is 0.711. The fraction of sp³-hybridized carbons (Fsp3) is 0.667. The van der Waals surface area contributed by atoms with Crippen LogP contribution in [0.25, 0.3) is 0 Å². The second kappa shape index (κ2) is 3.28. The third-order valence-electron chi connectivity index (χ3n) is 2.39. The number of ketones is 1. The lowest BCUT2D eigenvalue weighted by Gasteiger charge is -1.94. The van der Waals surface area contributed by atoms with Gasteiger partial charge in [-0.2, -0.15) is 0 Å². The lowest BCUT2D eigenvalue weighted by atomic mass is 10.1. The van der Waals surface area contributed by atoms with Crippen LogP contribution in [0, 0.1) is 12.8 Å². The summed E-state index contributed by atoms with van der Waals surface area (Å²) in [5, 5.41) is 7.39. The van der Waals surface area contributed by atoms with Gasteiger partial charge in [0.2, 0.25) is 0 Å². The molecule has 0 atom stereocenters. The molecule has 2 rings (SSSR count). The van der Waals surface area contributed by atoms with Crippen LogP contribution in [0.3, 0.4) is 0 Å². The van der Waals surface area contributed by atoms with E-state index in [-0.39, 0.29) is 0 Å². The molecule has 0 saturated heterocycles. The van der Waals surface area contributed by atoms with Crippen LogP contribution in [0.1, 0.15) is 30.7 Å². The average Bonchev–Trinajstić information content (AvgIpc) is 2.88. The van der Waals surface area contributed by atoms with Crippen molar-refractivity contribution in [2.75, 3.05) is 0 Å². The van der Waals surface area contributed by atoms with Gasteiger partial charge in [0, 0.05) is 18.8 Å². The zero-order valence-corrected chi connectivity index (χ0v) is 7.62. The van der Waals surface area contributed by atoms with E-state index in [9.17, 15) is 4.79 Å². The lowest BCUT2D eigenvalue weighted by Crippen LogP contribution is -2.02. The molecule has 4 nitrogen and oxygen atoms in total. The monoisotopic (exact) mass is 180 g/mol. The molecule has 0 radical (unpaired) electrons. The van der Waals surface area contributed by atoms with Crippen LogP contribution in [0.5, 0.6) is 0 Å². The molecule has 13 heavy (non-hydrogen) atoms. The van der Waals surface area contributed by atoms with Crippen molar-refractivity contribution in [1.29, 1.82) is 0 Å². The number of Topliss-reactive ketones (excluding diaryl/α,β-unsaturated/α-hetero) is 1. The van der Waals surface area contributed by atoms with Crippen molar-refractivity contribution in [2.45, 2.75) is 32.6 Å². The van der Waals surface area contributed by atoms with Gasteiger partial charge in [-0.25, -0.2) is 4.63 Å². The Bertz CT molecular complexity index is 315. The molecule has 0 unspecified atom stereocenters. The Hall–Kier alpha value is -1.19. The molecule has 1 heterocycles. The van der Waals surface area contributed by atoms with Gasteiger partial charge < -0.3 is 0 Å². The van der Waals surface area contributed by atoms with Crippen LogP contribution in [-0.2, 0) is 11.2 Å². The first-order chi connectivity index (χ1) is 6.27. The van der Waals surface area contributed by atoms with Gasteiger partial charge in [0.05, 0.1) is 0 Å². The summed E-state index contributed by atoms with van der Waals surface area (Å²) in [6.45, 7) is 1.84. The van der Waals surface area contributed by atoms with E-state index in [1.54, 1.807) is 0 Å². The number of carbonyl (C=O) groups excluding carboxylic acids is 1. The predicted molar refractivity (Wildman–Crippen MR) is 45.1 cm³/mol. The summed E-state index contributed by atoms with van der Waals surface area (Å²) < 4.78 is 4.54. The van der Waals surface area contributed by atoms with Crippen LogP contribution in [-0.4, -0.2) is 16.1 Å². The molecule has 0 aromatic carbocycles. The first kappa shape index (κ1) is 8.41. The van der Waals surface area contributed by atoms with E-state index in [0.29, 0.717) is 24.5 Å². The van der Waals surface area contributed by atoms with Crippen molar-refractivity contribution in [1.82, 2.24) is 10.3 Å². The third kappa shape index (κ3) is 1.94. The second-order valence-corrected chi connectivity index (χ2v) is 3.54. The van der Waals surface area contributed by atoms with Gasteiger partial charge in [0.15, 0.2) is 0 Å². The van der Waals surface area contributed by atoms with Crippen molar-refractivity contribution in [3.63, 3.8) is 0 Å². The minimum absolute atomic E-state index is 0.347. The summed E-state index contributed by atoms with van der Waals surface area (Å²) in [6, 6.07) is 0. The van der Waals surface area contributed by atoms with Gasteiger partial charge in [-0.3, -0.25) is 4.79 Å². The Kier molecular flexibility index (Phi) is 2.12. The molecule has 70 valence electrons. The van der Waals surface area contributed by atoms with E-state index >= 15 is 0 Å². The molecular weight excluding hydrogens is 168 g/mol. The van der Waals surface area contributed by atoms with E-state index in [1.165, 1.54) is 0 Å². The maximum atomic E-state index is 11.3. The highest BCUT2D eigenvalue weighted by atomic mass is 16.6. The largest absolute Gasteiger partial charge is 0.299 e. The molecule has 1 aromatic rings. The molecule has 1 aliphatic carbocycles. The summed E-state index contributed by atoms with van der Waals surface area (Å²) in [6.07, 6.45) is 3.41. The van der Waals surface area contributed by atoms with Gasteiger partial charge >= 0.3 is 0 Å². The summed E-state index contributed by atoms with van der Waals surface area (Å²) in [4.78, 5) is 11.3. The lowest BCUT2D eigenvalue weighted by molar-refractivity contribution is -0.120. The highest BCUT2D eigenvalue weighted by molar-refractivity contribution is 5.83. The Morgan fingerprint density at radius 3 is 2.85 bits per heavy atom. The number of aryl methyl sites for hydroxylation is 2. The van der Waals surface area contributed by atoms with E-state index < -0.39 is 0 Å².